The molecule has 0 aromatic carbocycles. The van der Waals surface area contributed by atoms with Crippen molar-refractivity contribution >= 4 is 0 Å². The Labute approximate surface area is 131 Å². The summed E-state index contributed by atoms with van der Waals surface area (Å²) in [6.07, 6.45) is 18.8. The first-order chi connectivity index (χ1) is 10.4. The highest BCUT2D eigenvalue weighted by Gasteiger charge is 2.25. The molecule has 21 heavy (non-hydrogen) atoms. The quantitative estimate of drug-likeness (QED) is 0.432. The van der Waals surface area contributed by atoms with Crippen LogP contribution >= 0.6 is 0 Å². The van der Waals surface area contributed by atoms with Crippen LogP contribution in [-0.2, 0) is 25.9 Å². The third-order valence-corrected chi connectivity index (χ3v) is 4.89. The molecule has 1 aliphatic carbocycles. The Hall–Kier alpha value is -0.790. The second-order valence-electron chi connectivity index (χ2n) is 6.72. The lowest BCUT2D eigenvalue weighted by Gasteiger charge is -2.10. The number of unbranched alkanes of at least 4 members (excludes halogenated alkanes) is 6. The molecule has 0 radical (unpaired) electrons. The molecule has 0 fully saturated rings. The Morgan fingerprint density at radius 2 is 1.62 bits per heavy atom. The molecule has 2 nitrogen and oxygen atoms in total. The molecule has 0 saturated carbocycles. The molecule has 0 spiro atoms. The summed E-state index contributed by atoms with van der Waals surface area (Å²) in [7, 11) is 0. The van der Waals surface area contributed by atoms with E-state index in [9.17, 15) is 0 Å². The molecular weight excluding hydrogens is 256 g/mol. The van der Waals surface area contributed by atoms with Gasteiger partial charge in [0.2, 0.25) is 6.33 Å². The topological polar surface area (TPSA) is 8.81 Å². The molecule has 1 aromatic heterocycles. The first kappa shape index (κ1) is 16.6. The Morgan fingerprint density at radius 1 is 0.905 bits per heavy atom. The van der Waals surface area contributed by atoms with Crippen molar-refractivity contribution in [2.24, 2.45) is 0 Å². The lowest BCUT2D eigenvalue weighted by Crippen LogP contribution is -2.37. The van der Waals surface area contributed by atoms with Gasteiger partial charge >= 0.3 is 0 Å². The summed E-state index contributed by atoms with van der Waals surface area (Å²) in [4.78, 5) is 0. The van der Waals surface area contributed by atoms with E-state index in [4.69, 9.17) is 0 Å². The molecule has 0 bridgehead atoms. The van der Waals surface area contributed by atoms with Crippen LogP contribution < -0.4 is 4.57 Å². The number of aryl methyl sites for hydroxylation is 2. The molecular formula is C19H35N2+. The van der Waals surface area contributed by atoms with Gasteiger partial charge in [-0.3, -0.25) is 0 Å². The standard InChI is InChI=1S/C19H35N2/c1-3-5-7-11-15-20-17-21(16-12-8-6-4-2)19-14-10-9-13-18(19)20/h17H,3-16H2,1-2H3/q+1. The van der Waals surface area contributed by atoms with Gasteiger partial charge in [0.25, 0.3) is 0 Å². The van der Waals surface area contributed by atoms with Crippen LogP contribution in [0.5, 0.6) is 0 Å². The van der Waals surface area contributed by atoms with E-state index in [-0.39, 0.29) is 0 Å². The second kappa shape index (κ2) is 9.27. The highest BCUT2D eigenvalue weighted by Crippen LogP contribution is 2.20. The number of hydrogen-bond acceptors (Lipinski definition) is 0. The van der Waals surface area contributed by atoms with Crippen LogP contribution in [-0.4, -0.2) is 4.57 Å². The predicted molar refractivity (Wildman–Crippen MR) is 89.6 cm³/mol. The largest absolute Gasteiger partial charge is 0.244 e. The average Bonchev–Trinajstić information content (AvgIpc) is 2.87. The fourth-order valence-electron chi connectivity index (χ4n) is 3.60. The van der Waals surface area contributed by atoms with Gasteiger partial charge < -0.3 is 0 Å². The maximum atomic E-state index is 2.59. The summed E-state index contributed by atoms with van der Waals surface area (Å²) < 4.78 is 5.17. The normalized spacial score (nSPS) is 14.4. The summed E-state index contributed by atoms with van der Waals surface area (Å²) in [5.41, 5.74) is 3.32. The van der Waals surface area contributed by atoms with Crippen LogP contribution in [0.4, 0.5) is 0 Å². The van der Waals surface area contributed by atoms with Gasteiger partial charge in [0.1, 0.15) is 11.4 Å². The summed E-state index contributed by atoms with van der Waals surface area (Å²) >= 11 is 0. The van der Waals surface area contributed by atoms with Gasteiger partial charge in [0, 0.05) is 12.8 Å². The molecule has 0 aliphatic heterocycles. The highest BCUT2D eigenvalue weighted by molar-refractivity contribution is 5.11. The van der Waals surface area contributed by atoms with E-state index >= 15 is 0 Å². The lowest BCUT2D eigenvalue weighted by molar-refractivity contribution is -0.704. The number of nitrogens with zero attached hydrogens (tertiary/aromatic N) is 2. The molecule has 1 aliphatic rings. The van der Waals surface area contributed by atoms with E-state index in [0.29, 0.717) is 0 Å². The van der Waals surface area contributed by atoms with Crippen molar-refractivity contribution in [3.05, 3.63) is 17.7 Å². The van der Waals surface area contributed by atoms with Crippen molar-refractivity contribution < 1.29 is 4.57 Å². The smallest absolute Gasteiger partial charge is 0.234 e. The SMILES string of the molecule is CCCCCCn1c[n+](CCCCCC)c2c1CCCC2. The maximum Gasteiger partial charge on any atom is 0.244 e. The zero-order valence-electron chi connectivity index (χ0n) is 14.4. The van der Waals surface area contributed by atoms with E-state index in [1.165, 1.54) is 90.1 Å². The van der Waals surface area contributed by atoms with Crippen molar-refractivity contribution in [3.63, 3.8) is 0 Å². The maximum absolute atomic E-state index is 2.59. The molecule has 0 N–H and O–H groups in total. The van der Waals surface area contributed by atoms with Crippen molar-refractivity contribution in [1.29, 1.82) is 0 Å². The van der Waals surface area contributed by atoms with Crippen molar-refractivity contribution in [3.8, 4) is 0 Å². The third kappa shape index (κ3) is 4.86. The molecule has 0 saturated heterocycles. The summed E-state index contributed by atoms with van der Waals surface area (Å²) in [6, 6.07) is 0. The number of aromatic nitrogens is 2. The summed E-state index contributed by atoms with van der Waals surface area (Å²) in [5.74, 6) is 0. The lowest BCUT2D eigenvalue weighted by atomic mass is 10.0. The van der Waals surface area contributed by atoms with Gasteiger partial charge in [0.15, 0.2) is 0 Å². The summed E-state index contributed by atoms with van der Waals surface area (Å²) in [6.45, 7) is 7.07. The van der Waals surface area contributed by atoms with Gasteiger partial charge in [-0.2, -0.15) is 0 Å². The third-order valence-electron chi connectivity index (χ3n) is 4.89. The molecule has 0 atom stereocenters. The van der Waals surface area contributed by atoms with Crippen LogP contribution in [0.2, 0.25) is 0 Å². The molecule has 1 heterocycles. The molecule has 2 heteroatoms. The highest BCUT2D eigenvalue weighted by atomic mass is 15.1. The minimum absolute atomic E-state index is 1.24. The molecule has 1 aromatic rings. The second-order valence-corrected chi connectivity index (χ2v) is 6.72. The van der Waals surface area contributed by atoms with Crippen LogP contribution in [0.1, 0.15) is 89.4 Å². The van der Waals surface area contributed by atoms with Crippen LogP contribution in [0.3, 0.4) is 0 Å². The van der Waals surface area contributed by atoms with E-state index in [1.807, 2.05) is 0 Å². The number of rotatable bonds is 10. The molecule has 0 unspecified atom stereocenters. The fourth-order valence-corrected chi connectivity index (χ4v) is 3.60. The van der Waals surface area contributed by atoms with E-state index in [0.717, 1.165) is 0 Å². The fraction of sp³-hybridized carbons (Fsp3) is 0.842. The Kier molecular flexibility index (Phi) is 7.32. The van der Waals surface area contributed by atoms with Gasteiger partial charge in [-0.25, -0.2) is 9.13 Å². The van der Waals surface area contributed by atoms with Gasteiger partial charge in [-0.05, 0) is 38.5 Å². The minimum atomic E-state index is 1.24. The van der Waals surface area contributed by atoms with Crippen molar-refractivity contribution in [2.75, 3.05) is 0 Å². The van der Waals surface area contributed by atoms with E-state index < -0.39 is 0 Å². The summed E-state index contributed by atoms with van der Waals surface area (Å²) in [5, 5.41) is 0. The number of hydrogen-bond donors (Lipinski definition) is 0. The van der Waals surface area contributed by atoms with Gasteiger partial charge in [0.05, 0.1) is 13.1 Å². The number of fused-ring (bicyclic) bond motifs is 1. The molecule has 0 amide bonds. The van der Waals surface area contributed by atoms with Gasteiger partial charge in [-0.1, -0.05) is 39.5 Å². The monoisotopic (exact) mass is 291 g/mol. The first-order valence-electron chi connectivity index (χ1n) is 9.47. The van der Waals surface area contributed by atoms with E-state index in [2.05, 4.69) is 29.3 Å². The van der Waals surface area contributed by atoms with Crippen LogP contribution in [0.15, 0.2) is 6.33 Å². The zero-order valence-corrected chi connectivity index (χ0v) is 14.4. The molecule has 2 rings (SSSR count). The van der Waals surface area contributed by atoms with Crippen LogP contribution in [0.25, 0.3) is 0 Å². The Bertz CT molecular complexity index is 369. The number of imidazole rings is 1. The zero-order chi connectivity index (χ0) is 14.9. The van der Waals surface area contributed by atoms with Crippen LogP contribution in [0, 0.1) is 0 Å². The van der Waals surface area contributed by atoms with E-state index in [1.54, 1.807) is 11.4 Å². The Balaban J connectivity index is 1.94. The Morgan fingerprint density at radius 3 is 2.38 bits per heavy atom. The first-order valence-corrected chi connectivity index (χ1v) is 9.47. The minimum Gasteiger partial charge on any atom is -0.234 e. The van der Waals surface area contributed by atoms with Gasteiger partial charge in [-0.15, -0.1) is 0 Å². The van der Waals surface area contributed by atoms with Crippen molar-refractivity contribution in [2.45, 2.75) is 104 Å². The predicted octanol–water partition coefficient (Wildman–Crippen LogP) is 4.82. The van der Waals surface area contributed by atoms with Crippen molar-refractivity contribution in [1.82, 2.24) is 4.57 Å². The molecule has 120 valence electrons. The average molecular weight is 292 g/mol.